The summed E-state index contributed by atoms with van der Waals surface area (Å²) >= 11 is 5.34. The van der Waals surface area contributed by atoms with Crippen molar-refractivity contribution in [2.45, 2.75) is 13.3 Å². The van der Waals surface area contributed by atoms with Crippen molar-refractivity contribution in [2.24, 2.45) is 10.9 Å². The third kappa shape index (κ3) is 6.26. The highest BCUT2D eigenvalue weighted by Gasteiger charge is 2.22. The van der Waals surface area contributed by atoms with Crippen LogP contribution in [0.25, 0.3) is 0 Å². The maximum atomic E-state index is 4.76. The molecule has 1 heterocycles. The lowest BCUT2D eigenvalue weighted by molar-refractivity contribution is 0.599. The molecule has 1 aromatic rings. The van der Waals surface area contributed by atoms with Gasteiger partial charge in [-0.05, 0) is 49.8 Å². The molecule has 1 unspecified atom stereocenters. The SMILES string of the molecule is CCNC(=NCC1CCN(c2ccc(Br)cc2)C1)NCCSC. The highest BCUT2D eigenvalue weighted by Crippen LogP contribution is 2.25. The average molecular weight is 399 g/mol. The summed E-state index contributed by atoms with van der Waals surface area (Å²) in [6.07, 6.45) is 3.34. The Bertz CT molecular complexity index is 492. The molecule has 0 radical (unpaired) electrons. The zero-order valence-corrected chi connectivity index (χ0v) is 16.4. The van der Waals surface area contributed by atoms with Crippen molar-refractivity contribution in [1.82, 2.24) is 10.6 Å². The molecular weight excluding hydrogens is 372 g/mol. The molecule has 0 saturated carbocycles. The molecule has 128 valence electrons. The van der Waals surface area contributed by atoms with E-state index < -0.39 is 0 Å². The van der Waals surface area contributed by atoms with Gasteiger partial charge < -0.3 is 15.5 Å². The number of halogens is 1. The molecule has 0 aromatic heterocycles. The predicted molar refractivity (Wildman–Crippen MR) is 107 cm³/mol. The number of hydrogen-bond donors (Lipinski definition) is 2. The lowest BCUT2D eigenvalue weighted by Crippen LogP contribution is -2.38. The summed E-state index contributed by atoms with van der Waals surface area (Å²) in [6.45, 7) is 7.08. The number of benzene rings is 1. The number of aliphatic imine (C=N–C) groups is 1. The summed E-state index contributed by atoms with van der Waals surface area (Å²) in [5.41, 5.74) is 1.31. The predicted octanol–water partition coefficient (Wildman–Crippen LogP) is 3.19. The Morgan fingerprint density at radius 1 is 1.35 bits per heavy atom. The second-order valence-corrected chi connectivity index (χ2v) is 7.62. The second-order valence-electron chi connectivity index (χ2n) is 5.72. The van der Waals surface area contributed by atoms with E-state index in [-0.39, 0.29) is 0 Å². The number of hydrogen-bond acceptors (Lipinski definition) is 3. The molecule has 1 aliphatic heterocycles. The number of thioether (sulfide) groups is 1. The Kier molecular flexibility index (Phi) is 8.09. The van der Waals surface area contributed by atoms with Crippen LogP contribution in [0.1, 0.15) is 13.3 Å². The average Bonchev–Trinajstić information content (AvgIpc) is 3.02. The van der Waals surface area contributed by atoms with Crippen LogP contribution in [-0.4, -0.2) is 50.7 Å². The Morgan fingerprint density at radius 2 is 2.13 bits per heavy atom. The first-order valence-corrected chi connectivity index (χ1v) is 10.4. The van der Waals surface area contributed by atoms with Crippen molar-refractivity contribution >= 4 is 39.3 Å². The summed E-state index contributed by atoms with van der Waals surface area (Å²) in [6, 6.07) is 8.59. The highest BCUT2D eigenvalue weighted by molar-refractivity contribution is 9.10. The molecule has 1 aromatic carbocycles. The molecule has 2 rings (SSSR count). The van der Waals surface area contributed by atoms with Gasteiger partial charge >= 0.3 is 0 Å². The van der Waals surface area contributed by atoms with E-state index in [9.17, 15) is 0 Å². The summed E-state index contributed by atoms with van der Waals surface area (Å²) < 4.78 is 1.13. The first-order chi connectivity index (χ1) is 11.2. The normalized spacial score (nSPS) is 18.3. The van der Waals surface area contributed by atoms with Crippen LogP contribution < -0.4 is 15.5 Å². The molecule has 4 nitrogen and oxygen atoms in total. The Labute approximate surface area is 152 Å². The molecule has 0 spiro atoms. The number of rotatable bonds is 7. The molecule has 6 heteroatoms. The first-order valence-electron chi connectivity index (χ1n) is 8.24. The molecule has 0 bridgehead atoms. The number of nitrogens with one attached hydrogen (secondary N) is 2. The van der Waals surface area contributed by atoms with Gasteiger partial charge in [0.1, 0.15) is 0 Å². The zero-order chi connectivity index (χ0) is 16.5. The minimum absolute atomic E-state index is 0.634. The van der Waals surface area contributed by atoms with E-state index in [4.69, 9.17) is 4.99 Å². The molecule has 1 saturated heterocycles. The van der Waals surface area contributed by atoms with Gasteiger partial charge in [-0.3, -0.25) is 4.99 Å². The van der Waals surface area contributed by atoms with E-state index in [2.05, 4.69) is 68.9 Å². The van der Waals surface area contributed by atoms with E-state index in [0.29, 0.717) is 5.92 Å². The minimum Gasteiger partial charge on any atom is -0.371 e. The van der Waals surface area contributed by atoms with Gasteiger partial charge in [0.05, 0.1) is 0 Å². The lowest BCUT2D eigenvalue weighted by atomic mass is 10.1. The summed E-state index contributed by atoms with van der Waals surface area (Å²) in [5, 5.41) is 6.72. The van der Waals surface area contributed by atoms with Gasteiger partial charge in [-0.15, -0.1) is 0 Å². The molecule has 1 fully saturated rings. The van der Waals surface area contributed by atoms with E-state index in [0.717, 1.165) is 48.9 Å². The summed E-state index contributed by atoms with van der Waals surface area (Å²) in [5.74, 6) is 2.68. The van der Waals surface area contributed by atoms with Gasteiger partial charge in [-0.1, -0.05) is 15.9 Å². The van der Waals surface area contributed by atoms with Crippen LogP contribution in [0.15, 0.2) is 33.7 Å². The fraction of sp³-hybridized carbons (Fsp3) is 0.588. The molecular formula is C17H27BrN4S. The number of nitrogens with zero attached hydrogens (tertiary/aromatic N) is 2. The van der Waals surface area contributed by atoms with Crippen molar-refractivity contribution in [3.8, 4) is 0 Å². The molecule has 1 atom stereocenters. The van der Waals surface area contributed by atoms with E-state index in [1.165, 1.54) is 12.1 Å². The van der Waals surface area contributed by atoms with Crippen LogP contribution >= 0.6 is 27.7 Å². The maximum Gasteiger partial charge on any atom is 0.191 e. The van der Waals surface area contributed by atoms with Crippen molar-refractivity contribution < 1.29 is 0 Å². The third-order valence-corrected chi connectivity index (χ3v) is 5.07. The monoisotopic (exact) mass is 398 g/mol. The van der Waals surface area contributed by atoms with Crippen LogP contribution in [-0.2, 0) is 0 Å². The summed E-state index contributed by atoms with van der Waals surface area (Å²) in [4.78, 5) is 7.22. The Balaban J connectivity index is 1.83. The van der Waals surface area contributed by atoms with Crippen LogP contribution in [0.4, 0.5) is 5.69 Å². The maximum absolute atomic E-state index is 4.76. The topological polar surface area (TPSA) is 39.7 Å². The van der Waals surface area contributed by atoms with Crippen LogP contribution in [0.2, 0.25) is 0 Å². The van der Waals surface area contributed by atoms with Crippen molar-refractivity contribution in [3.63, 3.8) is 0 Å². The van der Waals surface area contributed by atoms with E-state index in [1.54, 1.807) is 0 Å². The van der Waals surface area contributed by atoms with Gasteiger partial charge in [0, 0.05) is 48.6 Å². The highest BCUT2D eigenvalue weighted by atomic mass is 79.9. The standard InChI is InChI=1S/C17H27BrN4S/c1-3-19-17(20-9-11-23-2)21-12-14-8-10-22(13-14)16-6-4-15(18)5-7-16/h4-7,14H,3,8-13H2,1-2H3,(H2,19,20,21). The van der Waals surface area contributed by atoms with E-state index in [1.807, 2.05) is 11.8 Å². The van der Waals surface area contributed by atoms with E-state index >= 15 is 0 Å². The van der Waals surface area contributed by atoms with Gasteiger partial charge in [0.25, 0.3) is 0 Å². The smallest absolute Gasteiger partial charge is 0.191 e. The fourth-order valence-electron chi connectivity index (χ4n) is 2.70. The number of guanidine groups is 1. The van der Waals surface area contributed by atoms with Gasteiger partial charge in [-0.2, -0.15) is 11.8 Å². The molecule has 1 aliphatic rings. The first kappa shape index (κ1) is 18.5. The number of anilines is 1. The fourth-order valence-corrected chi connectivity index (χ4v) is 3.27. The van der Waals surface area contributed by atoms with Crippen molar-refractivity contribution in [3.05, 3.63) is 28.7 Å². The Morgan fingerprint density at radius 3 is 2.83 bits per heavy atom. The third-order valence-electron chi connectivity index (χ3n) is 3.93. The van der Waals surface area contributed by atoms with Crippen LogP contribution in [0, 0.1) is 5.92 Å². The molecule has 2 N–H and O–H groups in total. The zero-order valence-electron chi connectivity index (χ0n) is 14.0. The quantitative estimate of drug-likeness (QED) is 0.420. The van der Waals surface area contributed by atoms with Gasteiger partial charge in [-0.25, -0.2) is 0 Å². The Hall–Kier alpha value is -0.880. The summed E-state index contributed by atoms with van der Waals surface area (Å²) in [7, 11) is 0. The molecule has 23 heavy (non-hydrogen) atoms. The van der Waals surface area contributed by atoms with Crippen molar-refractivity contribution in [1.29, 1.82) is 0 Å². The lowest BCUT2D eigenvalue weighted by Gasteiger charge is -2.18. The minimum atomic E-state index is 0.634. The molecule has 0 amide bonds. The van der Waals surface area contributed by atoms with Crippen LogP contribution in [0.5, 0.6) is 0 Å². The van der Waals surface area contributed by atoms with Crippen molar-refractivity contribution in [2.75, 3.05) is 49.6 Å². The van der Waals surface area contributed by atoms with Gasteiger partial charge in [0.15, 0.2) is 5.96 Å². The second kappa shape index (κ2) is 10.1. The molecule has 0 aliphatic carbocycles. The largest absolute Gasteiger partial charge is 0.371 e. The van der Waals surface area contributed by atoms with Crippen LogP contribution in [0.3, 0.4) is 0 Å². The van der Waals surface area contributed by atoms with Gasteiger partial charge in [0.2, 0.25) is 0 Å².